The maximum Gasteiger partial charge on any atom is 0.252 e. The topological polar surface area (TPSA) is 150 Å². The van der Waals surface area contributed by atoms with Crippen LogP contribution in [0.5, 0.6) is 11.5 Å². The normalized spacial score (nSPS) is 21.5. The lowest BCUT2D eigenvalue weighted by atomic mass is 9.87. The molecule has 2 aliphatic rings. The molecule has 0 saturated carbocycles. The van der Waals surface area contributed by atoms with Gasteiger partial charge >= 0.3 is 0 Å². The van der Waals surface area contributed by atoms with Crippen LogP contribution in [-0.4, -0.2) is 96.0 Å². The Bertz CT molecular complexity index is 1500. The number of rotatable bonds is 12. The molecular weight excluding hydrogens is 681 g/mol. The Labute approximate surface area is 268 Å². The zero-order valence-corrected chi connectivity index (χ0v) is 26.5. The Morgan fingerprint density at radius 1 is 1.25 bits per heavy atom. The van der Waals surface area contributed by atoms with E-state index in [4.69, 9.17) is 14.2 Å². The molecule has 0 bridgehead atoms. The van der Waals surface area contributed by atoms with Gasteiger partial charge in [0.05, 0.1) is 23.3 Å². The highest BCUT2D eigenvalue weighted by molar-refractivity contribution is 14.1. The highest BCUT2D eigenvalue weighted by Gasteiger charge is 2.43. The summed E-state index contributed by atoms with van der Waals surface area (Å²) in [5.41, 5.74) is 2.62. The summed E-state index contributed by atoms with van der Waals surface area (Å²) in [4.78, 5) is 43.6. The number of carbonyl (C=O) groups is 3. The number of aliphatic hydroxyl groups excluding tert-OH is 2. The fourth-order valence-electron chi connectivity index (χ4n) is 5.74. The summed E-state index contributed by atoms with van der Waals surface area (Å²) in [7, 11) is 1.45. The Hall–Kier alpha value is -3.46. The van der Waals surface area contributed by atoms with E-state index in [0.29, 0.717) is 51.9 Å². The quantitative estimate of drug-likeness (QED) is 0.165. The molecular formula is C32H36IN3O8. The van der Waals surface area contributed by atoms with E-state index in [0.717, 1.165) is 23.0 Å². The highest BCUT2D eigenvalue weighted by atomic mass is 127. The summed E-state index contributed by atoms with van der Waals surface area (Å²) >= 11 is 2.02. The average molecular weight is 718 g/mol. The minimum Gasteiger partial charge on any atom is -0.493 e. The van der Waals surface area contributed by atoms with E-state index in [9.17, 15) is 24.6 Å². The number of benzene rings is 2. The van der Waals surface area contributed by atoms with Crippen molar-refractivity contribution in [3.05, 3.63) is 68.9 Å². The zero-order valence-electron chi connectivity index (χ0n) is 24.3. The molecule has 4 N–H and O–H groups in total. The van der Waals surface area contributed by atoms with Crippen molar-refractivity contribution in [1.82, 2.24) is 15.2 Å². The third kappa shape index (κ3) is 7.09. The number of halogens is 1. The van der Waals surface area contributed by atoms with Crippen molar-refractivity contribution in [2.24, 2.45) is 0 Å². The molecule has 4 unspecified atom stereocenters. The average Bonchev–Trinajstić information content (AvgIpc) is 3.72. The van der Waals surface area contributed by atoms with Gasteiger partial charge in [-0.2, -0.15) is 0 Å². The Morgan fingerprint density at radius 3 is 2.77 bits per heavy atom. The number of amides is 2. The molecule has 2 amide bonds. The van der Waals surface area contributed by atoms with E-state index >= 15 is 0 Å². The number of H-pyrrole nitrogens is 1. The molecule has 5 rings (SSSR count). The SMILES string of the molecule is COc1cc(C=O)cc(I)c1OC1C=C(C(=O)NCCO)CC(N(CCc2cc3ccccc3[nH]2)C(=O)C2CCCO2)C1O. The number of nitrogens with one attached hydrogen (secondary N) is 2. The van der Waals surface area contributed by atoms with E-state index in [1.54, 1.807) is 17.0 Å². The van der Waals surface area contributed by atoms with Crippen LogP contribution >= 0.6 is 22.6 Å². The van der Waals surface area contributed by atoms with Crippen molar-refractivity contribution < 1.29 is 38.8 Å². The van der Waals surface area contributed by atoms with Crippen LogP contribution in [-0.2, 0) is 20.7 Å². The predicted molar refractivity (Wildman–Crippen MR) is 171 cm³/mol. The molecule has 4 atom stereocenters. The van der Waals surface area contributed by atoms with Gasteiger partial charge in [0, 0.05) is 54.9 Å². The smallest absolute Gasteiger partial charge is 0.252 e. The monoisotopic (exact) mass is 717 g/mol. The number of nitrogens with zero attached hydrogens (tertiary/aromatic N) is 1. The number of ether oxygens (including phenoxy) is 3. The number of para-hydroxylation sites is 1. The van der Waals surface area contributed by atoms with Crippen molar-refractivity contribution in [1.29, 1.82) is 0 Å². The summed E-state index contributed by atoms with van der Waals surface area (Å²) in [6, 6.07) is 12.3. The maximum absolute atomic E-state index is 14.0. The number of carbonyl (C=O) groups excluding carboxylic acids is 3. The number of fused-ring (bicyclic) bond motifs is 1. The number of aromatic nitrogens is 1. The van der Waals surface area contributed by atoms with Gasteiger partial charge in [0.2, 0.25) is 5.91 Å². The number of aliphatic hydroxyl groups is 2. The van der Waals surface area contributed by atoms with E-state index in [2.05, 4.69) is 10.3 Å². The van der Waals surface area contributed by atoms with Crippen LogP contribution in [0.15, 0.2) is 54.1 Å². The van der Waals surface area contributed by atoms with Crippen LogP contribution in [0.25, 0.3) is 10.9 Å². The van der Waals surface area contributed by atoms with Gasteiger partial charge in [-0.25, -0.2) is 0 Å². The van der Waals surface area contributed by atoms with Crippen LogP contribution in [0.1, 0.15) is 35.3 Å². The number of aromatic amines is 1. The largest absolute Gasteiger partial charge is 0.493 e. The maximum atomic E-state index is 14.0. The molecule has 11 nitrogen and oxygen atoms in total. The van der Waals surface area contributed by atoms with Crippen molar-refractivity contribution in [2.45, 2.75) is 50.0 Å². The van der Waals surface area contributed by atoms with Gasteiger partial charge in [-0.15, -0.1) is 0 Å². The third-order valence-electron chi connectivity index (χ3n) is 7.95. The molecule has 0 radical (unpaired) electrons. The molecule has 1 aliphatic carbocycles. The van der Waals surface area contributed by atoms with Crippen LogP contribution in [0.2, 0.25) is 0 Å². The molecule has 2 heterocycles. The Kier molecular flexibility index (Phi) is 10.6. The Balaban J connectivity index is 1.48. The van der Waals surface area contributed by atoms with Crippen molar-refractivity contribution in [3.8, 4) is 11.5 Å². The molecule has 1 saturated heterocycles. The zero-order chi connectivity index (χ0) is 31.2. The molecule has 1 aliphatic heterocycles. The third-order valence-corrected chi connectivity index (χ3v) is 8.75. The van der Waals surface area contributed by atoms with Crippen molar-refractivity contribution in [2.75, 3.05) is 33.4 Å². The first-order valence-corrected chi connectivity index (χ1v) is 15.7. The second-order valence-electron chi connectivity index (χ2n) is 10.8. The summed E-state index contributed by atoms with van der Waals surface area (Å²) in [6.45, 7) is 0.555. The van der Waals surface area contributed by atoms with Gasteiger partial charge in [0.1, 0.15) is 24.6 Å². The van der Waals surface area contributed by atoms with Gasteiger partial charge in [-0.3, -0.25) is 14.4 Å². The number of hydrogen-bond donors (Lipinski definition) is 4. The van der Waals surface area contributed by atoms with Gasteiger partial charge in [-0.05, 0) is 71.2 Å². The molecule has 0 spiro atoms. The van der Waals surface area contributed by atoms with E-state index in [-0.39, 0.29) is 32.0 Å². The number of methoxy groups -OCH3 is 1. The fourth-order valence-corrected chi connectivity index (χ4v) is 6.50. The minimum absolute atomic E-state index is 0.0484. The lowest BCUT2D eigenvalue weighted by molar-refractivity contribution is -0.148. The van der Waals surface area contributed by atoms with E-state index in [1.165, 1.54) is 13.2 Å². The standard InChI is InChI=1S/C32H36IN3O8/c1-42-28-14-19(18-38)13-23(33)30(28)44-27-17-21(31(40)34-9-11-37)16-25(29(27)39)36(32(41)26-7-4-12-43-26)10-8-22-15-20-5-2-3-6-24(20)35-22/h2-3,5-6,13-15,17-18,25-27,29,35,37,39H,4,7-12,16H2,1H3,(H,34,40). The van der Waals surface area contributed by atoms with Gasteiger partial charge < -0.3 is 39.6 Å². The minimum atomic E-state index is -1.22. The molecule has 234 valence electrons. The van der Waals surface area contributed by atoms with E-state index < -0.39 is 30.3 Å². The molecule has 1 fully saturated rings. The van der Waals surface area contributed by atoms with E-state index in [1.807, 2.05) is 52.9 Å². The summed E-state index contributed by atoms with van der Waals surface area (Å²) in [6.07, 6.45) is 1.23. The second-order valence-corrected chi connectivity index (χ2v) is 12.0. The summed E-state index contributed by atoms with van der Waals surface area (Å²) in [5.74, 6) is -0.0903. The lowest BCUT2D eigenvalue weighted by Crippen LogP contribution is -2.57. The number of aldehydes is 1. The predicted octanol–water partition coefficient (Wildman–Crippen LogP) is 2.76. The summed E-state index contributed by atoms with van der Waals surface area (Å²) in [5, 5.41) is 24.8. The highest BCUT2D eigenvalue weighted by Crippen LogP contribution is 2.37. The molecule has 1 aromatic heterocycles. The molecule has 2 aromatic carbocycles. The van der Waals surface area contributed by atoms with Gasteiger partial charge in [-0.1, -0.05) is 18.2 Å². The number of hydrogen-bond acceptors (Lipinski definition) is 8. The second kappa shape index (κ2) is 14.5. The van der Waals surface area contributed by atoms with Crippen LogP contribution in [0, 0.1) is 3.57 Å². The first kappa shape index (κ1) is 31.9. The van der Waals surface area contributed by atoms with Crippen molar-refractivity contribution in [3.63, 3.8) is 0 Å². The Morgan fingerprint density at radius 2 is 2.07 bits per heavy atom. The van der Waals surface area contributed by atoms with Gasteiger partial charge in [0.25, 0.3) is 5.91 Å². The van der Waals surface area contributed by atoms with Crippen molar-refractivity contribution >= 4 is 51.6 Å². The first-order chi connectivity index (χ1) is 21.3. The first-order valence-electron chi connectivity index (χ1n) is 14.6. The van der Waals surface area contributed by atoms with Crippen LogP contribution in [0.3, 0.4) is 0 Å². The lowest BCUT2D eigenvalue weighted by Gasteiger charge is -2.41. The molecule has 3 aromatic rings. The molecule has 12 heteroatoms. The fraction of sp³-hybridized carbons (Fsp3) is 0.406. The van der Waals surface area contributed by atoms with Gasteiger partial charge in [0.15, 0.2) is 11.5 Å². The van der Waals surface area contributed by atoms with Crippen LogP contribution < -0.4 is 14.8 Å². The van der Waals surface area contributed by atoms with Crippen LogP contribution in [0.4, 0.5) is 0 Å². The molecule has 44 heavy (non-hydrogen) atoms. The summed E-state index contributed by atoms with van der Waals surface area (Å²) < 4.78 is 18.1.